The topological polar surface area (TPSA) is 32.3 Å². The Morgan fingerprint density at radius 2 is 1.75 bits per heavy atom. The van der Waals surface area contributed by atoms with Crippen LogP contribution in [-0.2, 0) is 4.79 Å². The number of carbonyl (C=O) groups is 1. The highest BCUT2D eigenvalue weighted by molar-refractivity contribution is 7.99. The van der Waals surface area contributed by atoms with Gasteiger partial charge in [0.25, 0.3) is 0 Å². The molecule has 0 radical (unpaired) electrons. The summed E-state index contributed by atoms with van der Waals surface area (Å²) in [6.45, 7) is 0.453. The minimum Gasteiger partial charge on any atom is -0.324 e. The molecule has 0 aromatic heterocycles. The lowest BCUT2D eigenvalue weighted by Crippen LogP contribution is -2.36. The second-order valence-electron chi connectivity index (χ2n) is 6.31. The number of nitrogens with one attached hydrogen (secondary N) is 1. The average Bonchev–Trinajstić information content (AvgIpc) is 3.12. The minimum absolute atomic E-state index is 0.0607. The first-order valence-corrected chi connectivity index (χ1v) is 9.36. The molecule has 0 spiro atoms. The fourth-order valence-corrected chi connectivity index (χ4v) is 4.09. The van der Waals surface area contributed by atoms with Gasteiger partial charge >= 0.3 is 0 Å². The number of hydrogen-bond donors (Lipinski definition) is 1. The first-order valence-electron chi connectivity index (χ1n) is 8.54. The lowest BCUT2D eigenvalue weighted by molar-refractivity contribution is -0.117. The van der Waals surface area contributed by atoms with Crippen LogP contribution in [0.15, 0.2) is 64.4 Å². The van der Waals surface area contributed by atoms with Crippen LogP contribution in [0.25, 0.3) is 0 Å². The second-order valence-corrected chi connectivity index (χ2v) is 7.43. The fourth-order valence-electron chi connectivity index (χ4n) is 3.16. The summed E-state index contributed by atoms with van der Waals surface area (Å²) in [7, 11) is 2.06. The van der Waals surface area contributed by atoms with E-state index in [-0.39, 0.29) is 5.91 Å². The maximum Gasteiger partial charge on any atom is 0.238 e. The highest BCUT2D eigenvalue weighted by Crippen LogP contribution is 2.33. The third-order valence-electron chi connectivity index (χ3n) is 4.47. The smallest absolute Gasteiger partial charge is 0.238 e. The van der Waals surface area contributed by atoms with Gasteiger partial charge in [-0.3, -0.25) is 9.69 Å². The molecule has 1 N–H and O–H groups in total. The summed E-state index contributed by atoms with van der Waals surface area (Å²) < 4.78 is 0. The van der Waals surface area contributed by atoms with Crippen LogP contribution in [0.3, 0.4) is 0 Å². The van der Waals surface area contributed by atoms with E-state index >= 15 is 0 Å². The number of carbonyl (C=O) groups excluding carboxylic acids is 1. The molecule has 0 heterocycles. The Morgan fingerprint density at radius 3 is 2.50 bits per heavy atom. The SMILES string of the molecule is CN(CC(=O)Nc1ccccc1Sc1ccccc1)C1CCCC1. The Balaban J connectivity index is 1.63. The van der Waals surface area contributed by atoms with E-state index in [4.69, 9.17) is 0 Å². The van der Waals surface area contributed by atoms with Gasteiger partial charge in [0, 0.05) is 15.8 Å². The zero-order valence-corrected chi connectivity index (χ0v) is 14.9. The molecule has 0 atom stereocenters. The molecule has 0 bridgehead atoms. The molecule has 1 aliphatic carbocycles. The van der Waals surface area contributed by atoms with Crippen LogP contribution in [0.4, 0.5) is 5.69 Å². The van der Waals surface area contributed by atoms with Gasteiger partial charge < -0.3 is 5.32 Å². The first kappa shape index (κ1) is 17.1. The predicted molar refractivity (Wildman–Crippen MR) is 101 cm³/mol. The largest absolute Gasteiger partial charge is 0.324 e. The van der Waals surface area contributed by atoms with E-state index in [1.165, 1.54) is 30.6 Å². The molecule has 1 aliphatic rings. The van der Waals surface area contributed by atoms with Gasteiger partial charge in [-0.1, -0.05) is 54.9 Å². The quantitative estimate of drug-likeness (QED) is 0.831. The molecule has 24 heavy (non-hydrogen) atoms. The average molecular weight is 340 g/mol. The Bertz CT molecular complexity index is 668. The van der Waals surface area contributed by atoms with Crippen molar-refractivity contribution in [3.05, 3.63) is 54.6 Å². The standard InChI is InChI=1S/C20H24N2OS/c1-22(16-9-5-6-10-16)15-20(23)21-18-13-7-8-14-19(18)24-17-11-3-2-4-12-17/h2-4,7-8,11-14,16H,5-6,9-10,15H2,1H3,(H,21,23). The van der Waals surface area contributed by atoms with E-state index in [9.17, 15) is 4.79 Å². The molecule has 2 aromatic carbocycles. The Kier molecular flexibility index (Phi) is 5.94. The Morgan fingerprint density at radius 1 is 1.08 bits per heavy atom. The van der Waals surface area contributed by atoms with Gasteiger partial charge in [0.2, 0.25) is 5.91 Å². The number of hydrogen-bond acceptors (Lipinski definition) is 3. The first-order chi connectivity index (χ1) is 11.7. The molecule has 0 saturated heterocycles. The third kappa shape index (κ3) is 4.62. The number of benzene rings is 2. The molecule has 1 amide bonds. The number of anilines is 1. The summed E-state index contributed by atoms with van der Waals surface area (Å²) in [5, 5.41) is 3.08. The maximum absolute atomic E-state index is 12.4. The summed E-state index contributed by atoms with van der Waals surface area (Å²) >= 11 is 1.67. The van der Waals surface area contributed by atoms with Crippen molar-refractivity contribution in [2.45, 2.75) is 41.5 Å². The third-order valence-corrected chi connectivity index (χ3v) is 5.56. The summed E-state index contributed by atoms with van der Waals surface area (Å²) in [6.07, 6.45) is 4.99. The second kappa shape index (κ2) is 8.36. The van der Waals surface area contributed by atoms with E-state index in [1.807, 2.05) is 42.5 Å². The van der Waals surface area contributed by atoms with Crippen LogP contribution < -0.4 is 5.32 Å². The Labute approximate surface area is 148 Å². The predicted octanol–water partition coefficient (Wildman–Crippen LogP) is 4.65. The van der Waals surface area contributed by atoms with E-state index in [0.29, 0.717) is 12.6 Å². The molecule has 1 fully saturated rings. The van der Waals surface area contributed by atoms with Crippen LogP contribution in [0.1, 0.15) is 25.7 Å². The summed E-state index contributed by atoms with van der Waals surface area (Å²) in [5.74, 6) is 0.0607. The van der Waals surface area contributed by atoms with Crippen molar-refractivity contribution >= 4 is 23.4 Å². The van der Waals surface area contributed by atoms with E-state index in [2.05, 4.69) is 29.4 Å². The number of rotatable bonds is 6. The van der Waals surface area contributed by atoms with E-state index in [1.54, 1.807) is 11.8 Å². The monoisotopic (exact) mass is 340 g/mol. The van der Waals surface area contributed by atoms with Gasteiger partial charge in [0.1, 0.15) is 0 Å². The van der Waals surface area contributed by atoms with Gasteiger partial charge in [0.15, 0.2) is 0 Å². The van der Waals surface area contributed by atoms with Crippen LogP contribution in [0.2, 0.25) is 0 Å². The molecule has 1 saturated carbocycles. The van der Waals surface area contributed by atoms with Crippen LogP contribution in [-0.4, -0.2) is 30.4 Å². The fraction of sp³-hybridized carbons (Fsp3) is 0.350. The lowest BCUT2D eigenvalue weighted by Gasteiger charge is -2.23. The molecule has 4 heteroatoms. The van der Waals surface area contributed by atoms with Gasteiger partial charge in [-0.25, -0.2) is 0 Å². The molecule has 3 rings (SSSR count). The molecule has 126 valence electrons. The maximum atomic E-state index is 12.4. The lowest BCUT2D eigenvalue weighted by atomic mass is 10.2. The van der Waals surface area contributed by atoms with Gasteiger partial charge in [0.05, 0.1) is 12.2 Å². The molecule has 3 nitrogen and oxygen atoms in total. The van der Waals surface area contributed by atoms with Gasteiger partial charge in [-0.05, 0) is 44.2 Å². The van der Waals surface area contributed by atoms with E-state index < -0.39 is 0 Å². The number of nitrogens with zero attached hydrogens (tertiary/aromatic N) is 1. The minimum atomic E-state index is 0.0607. The van der Waals surface area contributed by atoms with E-state index in [0.717, 1.165) is 10.6 Å². The Hall–Kier alpha value is -1.78. The van der Waals surface area contributed by atoms with Crippen LogP contribution in [0.5, 0.6) is 0 Å². The van der Waals surface area contributed by atoms with Gasteiger partial charge in [-0.2, -0.15) is 0 Å². The van der Waals surface area contributed by atoms with Crippen molar-refractivity contribution in [3.63, 3.8) is 0 Å². The van der Waals surface area contributed by atoms with Crippen molar-refractivity contribution < 1.29 is 4.79 Å². The summed E-state index contributed by atoms with van der Waals surface area (Å²) in [4.78, 5) is 16.9. The molecular formula is C20H24N2OS. The highest BCUT2D eigenvalue weighted by Gasteiger charge is 2.21. The highest BCUT2D eigenvalue weighted by atomic mass is 32.2. The van der Waals surface area contributed by atoms with Crippen molar-refractivity contribution in [2.24, 2.45) is 0 Å². The van der Waals surface area contributed by atoms with Crippen LogP contribution >= 0.6 is 11.8 Å². The molecule has 0 unspecified atom stereocenters. The molecular weight excluding hydrogens is 316 g/mol. The summed E-state index contributed by atoms with van der Waals surface area (Å²) in [6, 6.07) is 18.8. The normalized spacial score (nSPS) is 14.9. The van der Waals surface area contributed by atoms with Crippen molar-refractivity contribution in [1.82, 2.24) is 4.90 Å². The molecule has 0 aliphatic heterocycles. The summed E-state index contributed by atoms with van der Waals surface area (Å²) in [5.41, 5.74) is 0.885. The number of likely N-dealkylation sites (N-methyl/N-ethyl adjacent to an activating group) is 1. The number of para-hydroxylation sites is 1. The molecule has 2 aromatic rings. The van der Waals surface area contributed by atoms with Crippen molar-refractivity contribution in [1.29, 1.82) is 0 Å². The van der Waals surface area contributed by atoms with Gasteiger partial charge in [-0.15, -0.1) is 0 Å². The zero-order valence-electron chi connectivity index (χ0n) is 14.1. The zero-order chi connectivity index (χ0) is 16.8. The number of amides is 1. The van der Waals surface area contributed by atoms with Crippen LogP contribution in [0, 0.1) is 0 Å². The van der Waals surface area contributed by atoms with Crippen molar-refractivity contribution in [3.8, 4) is 0 Å². The van der Waals surface area contributed by atoms with Crippen molar-refractivity contribution in [2.75, 3.05) is 18.9 Å².